The molecular formula is C15H23ClN2O2. The zero-order valence-electron chi connectivity index (χ0n) is 12.0. The Morgan fingerprint density at radius 2 is 2.05 bits per heavy atom. The molecule has 0 bridgehead atoms. The van der Waals surface area contributed by atoms with Crippen molar-refractivity contribution in [2.45, 2.75) is 32.7 Å². The van der Waals surface area contributed by atoms with Crippen LogP contribution in [0.25, 0.3) is 0 Å². The minimum Gasteiger partial charge on any atom is -0.399 e. The van der Waals surface area contributed by atoms with Gasteiger partial charge in [0.2, 0.25) is 0 Å². The molecule has 5 heteroatoms. The lowest BCUT2D eigenvalue weighted by Gasteiger charge is -2.28. The van der Waals surface area contributed by atoms with Crippen LogP contribution in [0.5, 0.6) is 0 Å². The fraction of sp³-hybridized carbons (Fsp3) is 0.533. The van der Waals surface area contributed by atoms with Gasteiger partial charge in [-0.3, -0.25) is 4.79 Å². The summed E-state index contributed by atoms with van der Waals surface area (Å²) in [6.07, 6.45) is 2.02. The predicted molar refractivity (Wildman–Crippen MR) is 83.3 cm³/mol. The lowest BCUT2D eigenvalue weighted by Crippen LogP contribution is -2.40. The van der Waals surface area contributed by atoms with Crippen LogP contribution in [0.2, 0.25) is 0 Å². The Hall–Kier alpha value is -1.26. The van der Waals surface area contributed by atoms with Crippen LogP contribution in [0.4, 0.5) is 5.69 Å². The molecular weight excluding hydrogens is 276 g/mol. The molecule has 1 aliphatic rings. The molecule has 1 aromatic rings. The second-order valence-electron chi connectivity index (χ2n) is 5.29. The number of nitrogens with one attached hydrogen (secondary N) is 1. The van der Waals surface area contributed by atoms with Gasteiger partial charge in [-0.1, -0.05) is 6.07 Å². The Kier molecular flexibility index (Phi) is 6.30. The number of anilines is 1. The zero-order chi connectivity index (χ0) is 13.8. The molecule has 1 saturated heterocycles. The van der Waals surface area contributed by atoms with Crippen LogP contribution < -0.4 is 11.1 Å². The molecule has 2 rings (SSSR count). The number of hydrogen-bond acceptors (Lipinski definition) is 3. The number of rotatable bonds is 3. The smallest absolute Gasteiger partial charge is 0.251 e. The van der Waals surface area contributed by atoms with E-state index in [9.17, 15) is 4.79 Å². The van der Waals surface area contributed by atoms with E-state index < -0.39 is 0 Å². The number of halogens is 1. The first-order valence-electron chi connectivity index (χ1n) is 6.82. The molecule has 0 saturated carbocycles. The Labute approximate surface area is 126 Å². The lowest BCUT2D eigenvalue weighted by molar-refractivity contribution is 0.0538. The number of ether oxygens (including phenoxy) is 1. The Morgan fingerprint density at radius 1 is 1.40 bits per heavy atom. The Morgan fingerprint density at radius 3 is 2.70 bits per heavy atom. The quantitative estimate of drug-likeness (QED) is 0.843. The van der Waals surface area contributed by atoms with Gasteiger partial charge in [-0.05, 0) is 50.3 Å². The highest BCUT2D eigenvalue weighted by atomic mass is 35.5. The van der Waals surface area contributed by atoms with E-state index in [1.807, 2.05) is 19.1 Å². The van der Waals surface area contributed by atoms with Gasteiger partial charge in [0.05, 0.1) is 0 Å². The average Bonchev–Trinajstić information content (AvgIpc) is 2.42. The summed E-state index contributed by atoms with van der Waals surface area (Å²) in [5.74, 6) is 0.461. The fourth-order valence-corrected chi connectivity index (χ4v) is 2.50. The van der Waals surface area contributed by atoms with Crippen LogP contribution >= 0.6 is 12.4 Å². The fourth-order valence-electron chi connectivity index (χ4n) is 2.50. The van der Waals surface area contributed by atoms with Crippen LogP contribution in [0.15, 0.2) is 18.2 Å². The second kappa shape index (κ2) is 7.50. The monoisotopic (exact) mass is 298 g/mol. The average molecular weight is 299 g/mol. The Bertz CT molecular complexity index is 459. The van der Waals surface area contributed by atoms with Crippen molar-refractivity contribution >= 4 is 24.0 Å². The summed E-state index contributed by atoms with van der Waals surface area (Å²) in [5, 5.41) is 3.08. The maximum absolute atomic E-state index is 12.3. The van der Waals surface area contributed by atoms with Gasteiger partial charge in [0.25, 0.3) is 5.91 Å². The predicted octanol–water partition coefficient (Wildman–Crippen LogP) is 2.54. The first-order valence-corrected chi connectivity index (χ1v) is 6.82. The summed E-state index contributed by atoms with van der Waals surface area (Å²) in [7, 11) is 0. The van der Waals surface area contributed by atoms with Gasteiger partial charge in [-0.2, -0.15) is 0 Å². The highest BCUT2D eigenvalue weighted by Crippen LogP contribution is 2.19. The normalized spacial score (nSPS) is 17.1. The van der Waals surface area contributed by atoms with Gasteiger partial charge in [0, 0.05) is 30.5 Å². The summed E-state index contributed by atoms with van der Waals surface area (Å²) in [4.78, 5) is 12.3. The topological polar surface area (TPSA) is 64.4 Å². The van der Waals surface area contributed by atoms with Crippen LogP contribution in [-0.4, -0.2) is 25.2 Å². The number of hydrogen-bond donors (Lipinski definition) is 2. The molecule has 1 aliphatic heterocycles. The minimum atomic E-state index is -0.0382. The zero-order valence-corrected chi connectivity index (χ0v) is 12.8. The number of amides is 1. The van der Waals surface area contributed by atoms with Crippen molar-refractivity contribution in [2.75, 3.05) is 18.9 Å². The van der Waals surface area contributed by atoms with Crippen molar-refractivity contribution < 1.29 is 9.53 Å². The molecule has 1 aromatic carbocycles. The standard InChI is InChI=1S/C15H22N2O2.ClH/c1-10-3-4-13(16)9-14(10)15(18)17-11(2)12-5-7-19-8-6-12;/h3-4,9,11-12H,5-8,16H2,1-2H3,(H,17,18);1H. The molecule has 20 heavy (non-hydrogen) atoms. The van der Waals surface area contributed by atoms with Crippen molar-refractivity contribution in [3.63, 3.8) is 0 Å². The van der Waals surface area contributed by atoms with Crippen molar-refractivity contribution in [3.8, 4) is 0 Å². The van der Waals surface area contributed by atoms with E-state index in [2.05, 4.69) is 12.2 Å². The number of carbonyl (C=O) groups excluding carboxylic acids is 1. The highest BCUT2D eigenvalue weighted by molar-refractivity contribution is 5.96. The first kappa shape index (κ1) is 16.8. The number of aryl methyl sites for hydroxylation is 1. The molecule has 1 fully saturated rings. The van der Waals surface area contributed by atoms with Crippen LogP contribution in [0.3, 0.4) is 0 Å². The van der Waals surface area contributed by atoms with Gasteiger partial charge in [-0.25, -0.2) is 0 Å². The number of nitrogen functional groups attached to an aromatic ring is 1. The van der Waals surface area contributed by atoms with Crippen molar-refractivity contribution in [1.29, 1.82) is 0 Å². The highest BCUT2D eigenvalue weighted by Gasteiger charge is 2.22. The SMILES string of the molecule is Cc1ccc(N)cc1C(=O)NC(C)C1CCOCC1.Cl. The van der Waals surface area contributed by atoms with E-state index >= 15 is 0 Å². The molecule has 0 aromatic heterocycles. The molecule has 112 valence electrons. The Balaban J connectivity index is 0.00000200. The number of nitrogens with two attached hydrogens (primary N) is 1. The molecule has 1 atom stereocenters. The van der Waals surface area contributed by atoms with Gasteiger partial charge in [0.1, 0.15) is 0 Å². The molecule has 3 N–H and O–H groups in total. The van der Waals surface area contributed by atoms with Crippen LogP contribution in [0.1, 0.15) is 35.7 Å². The van der Waals surface area contributed by atoms with E-state index in [1.54, 1.807) is 6.07 Å². The van der Waals surface area contributed by atoms with E-state index in [0.717, 1.165) is 31.6 Å². The van der Waals surface area contributed by atoms with E-state index in [0.29, 0.717) is 17.2 Å². The largest absolute Gasteiger partial charge is 0.399 e. The maximum Gasteiger partial charge on any atom is 0.251 e. The van der Waals surface area contributed by atoms with E-state index in [4.69, 9.17) is 10.5 Å². The maximum atomic E-state index is 12.3. The van der Waals surface area contributed by atoms with Crippen molar-refractivity contribution in [3.05, 3.63) is 29.3 Å². The lowest BCUT2D eigenvalue weighted by atomic mass is 9.92. The van der Waals surface area contributed by atoms with Gasteiger partial charge >= 0.3 is 0 Å². The summed E-state index contributed by atoms with van der Waals surface area (Å²) < 4.78 is 5.35. The van der Waals surface area contributed by atoms with Gasteiger partial charge in [-0.15, -0.1) is 12.4 Å². The van der Waals surface area contributed by atoms with Crippen LogP contribution in [-0.2, 0) is 4.74 Å². The summed E-state index contributed by atoms with van der Waals surface area (Å²) in [5.41, 5.74) is 7.98. The van der Waals surface area contributed by atoms with Gasteiger partial charge < -0.3 is 15.8 Å². The second-order valence-corrected chi connectivity index (χ2v) is 5.29. The van der Waals surface area contributed by atoms with Crippen molar-refractivity contribution in [1.82, 2.24) is 5.32 Å². The molecule has 1 heterocycles. The van der Waals surface area contributed by atoms with E-state index in [-0.39, 0.29) is 24.4 Å². The molecule has 1 amide bonds. The molecule has 0 spiro atoms. The molecule has 4 nitrogen and oxygen atoms in total. The minimum absolute atomic E-state index is 0. The third kappa shape index (κ3) is 4.12. The van der Waals surface area contributed by atoms with Crippen molar-refractivity contribution in [2.24, 2.45) is 5.92 Å². The number of carbonyl (C=O) groups is 1. The third-order valence-electron chi connectivity index (χ3n) is 3.84. The number of benzene rings is 1. The summed E-state index contributed by atoms with van der Waals surface area (Å²) in [6.45, 7) is 5.58. The van der Waals surface area contributed by atoms with Crippen LogP contribution in [0, 0.1) is 12.8 Å². The summed E-state index contributed by atoms with van der Waals surface area (Å²) >= 11 is 0. The molecule has 0 radical (unpaired) electrons. The molecule has 0 aliphatic carbocycles. The van der Waals surface area contributed by atoms with E-state index in [1.165, 1.54) is 0 Å². The molecule has 1 unspecified atom stereocenters. The first-order chi connectivity index (χ1) is 9.08. The summed E-state index contributed by atoms with van der Waals surface area (Å²) in [6, 6.07) is 5.59. The van der Waals surface area contributed by atoms with Gasteiger partial charge in [0.15, 0.2) is 0 Å². The third-order valence-corrected chi connectivity index (χ3v) is 3.84.